The Bertz CT molecular complexity index is 857. The van der Waals surface area contributed by atoms with Gasteiger partial charge in [-0.1, -0.05) is 0 Å². The summed E-state index contributed by atoms with van der Waals surface area (Å²) in [6.45, 7) is 2.08. The van der Waals surface area contributed by atoms with Crippen molar-refractivity contribution in [2.45, 2.75) is 43.7 Å². The molecule has 3 saturated heterocycles. The normalized spacial score (nSPS) is 31.0. The molecule has 33 heavy (non-hydrogen) atoms. The van der Waals surface area contributed by atoms with Gasteiger partial charge in [0.05, 0.1) is 18.8 Å². The lowest BCUT2D eigenvalue weighted by molar-refractivity contribution is -0.329. The number of hydrogen-bond donors (Lipinski definition) is 2. The summed E-state index contributed by atoms with van der Waals surface area (Å²) in [5.41, 5.74) is 4.50. The van der Waals surface area contributed by atoms with Crippen molar-refractivity contribution in [3.05, 3.63) is 37.4 Å². The van der Waals surface area contributed by atoms with Crippen LogP contribution in [0, 0.1) is 5.92 Å². The number of alkyl carbamates (subject to hydrolysis) is 1. The van der Waals surface area contributed by atoms with Gasteiger partial charge in [-0.2, -0.15) is 0 Å². The predicted molar refractivity (Wildman–Crippen MR) is 113 cm³/mol. The van der Waals surface area contributed by atoms with Crippen LogP contribution in [0.15, 0.2) is 37.4 Å². The molecule has 6 atom stereocenters. The molecule has 3 aliphatic heterocycles. The molecule has 5 rings (SSSR count). The Morgan fingerprint density at radius 2 is 1.73 bits per heavy atom. The number of amides is 1. The molecule has 13 nitrogen and oxygen atoms in total. The molecule has 2 aromatic rings. The largest absolute Gasteiger partial charge is 0.449 e. The number of imidazole rings is 2. The van der Waals surface area contributed by atoms with E-state index >= 15 is 0 Å². The minimum Gasteiger partial charge on any atom is -0.449 e. The first kappa shape index (κ1) is 24.8. The summed E-state index contributed by atoms with van der Waals surface area (Å²) >= 11 is 0. The third kappa shape index (κ3) is 5.39. The molecule has 0 aromatic carbocycles. The molecular formula is C20H30N6O7. The molecule has 13 heteroatoms. The van der Waals surface area contributed by atoms with E-state index in [9.17, 15) is 9.59 Å². The lowest BCUT2D eigenvalue weighted by atomic mass is 9.86. The van der Waals surface area contributed by atoms with E-state index in [4.69, 9.17) is 23.7 Å². The fourth-order valence-corrected chi connectivity index (χ4v) is 3.95. The van der Waals surface area contributed by atoms with Gasteiger partial charge in [0.1, 0.15) is 24.9 Å². The lowest BCUT2D eigenvalue weighted by Crippen LogP contribution is -2.41. The highest BCUT2D eigenvalue weighted by atomic mass is 16.9. The number of nitrogens with zero attached hydrogens (tertiary/aromatic N) is 4. The number of carbonyl (C=O) groups is 2. The van der Waals surface area contributed by atoms with Crippen molar-refractivity contribution >= 4 is 12.1 Å². The van der Waals surface area contributed by atoms with Gasteiger partial charge in [0, 0.05) is 51.8 Å². The summed E-state index contributed by atoms with van der Waals surface area (Å²) in [6.07, 6.45) is 9.20. The zero-order valence-corrected chi connectivity index (χ0v) is 19.0. The smallest absolute Gasteiger partial charge is 0.406 e. The fourth-order valence-electron chi connectivity index (χ4n) is 3.95. The van der Waals surface area contributed by atoms with E-state index in [0.717, 1.165) is 6.42 Å². The number of carbonyl (C=O) groups excluding carboxylic acids is 2. The molecule has 2 aromatic heterocycles. The molecule has 3 N–H and O–H groups in total. The molecular weight excluding hydrogens is 436 g/mol. The Labute approximate surface area is 191 Å². The topological polar surface area (TPSA) is 154 Å². The fraction of sp³-hybridized carbons (Fsp3) is 0.600. The van der Waals surface area contributed by atoms with Gasteiger partial charge >= 0.3 is 12.1 Å². The Morgan fingerprint density at radius 1 is 1.12 bits per heavy atom. The average Bonchev–Trinajstić information content (AvgIpc) is 3.66. The van der Waals surface area contributed by atoms with Crippen LogP contribution in [0.5, 0.6) is 0 Å². The highest BCUT2D eigenvalue weighted by molar-refractivity contribution is 5.78. The van der Waals surface area contributed by atoms with Crippen LogP contribution in [-0.2, 0) is 23.7 Å². The average molecular weight is 466 g/mol. The van der Waals surface area contributed by atoms with Gasteiger partial charge in [0.25, 0.3) is 5.97 Å². The maximum absolute atomic E-state index is 11.4. The zero-order valence-electron chi connectivity index (χ0n) is 19.0. The molecule has 5 heterocycles. The van der Waals surface area contributed by atoms with E-state index in [0.29, 0.717) is 6.61 Å². The van der Waals surface area contributed by atoms with Crippen LogP contribution in [0.25, 0.3) is 0 Å². The molecule has 0 radical (unpaired) electrons. The highest BCUT2D eigenvalue weighted by Crippen LogP contribution is 2.48. The van der Waals surface area contributed by atoms with Crippen LogP contribution in [0.2, 0.25) is 0 Å². The number of methoxy groups -OCH3 is 1. The van der Waals surface area contributed by atoms with E-state index < -0.39 is 12.1 Å². The van der Waals surface area contributed by atoms with E-state index in [-0.39, 0.29) is 36.4 Å². The molecule has 1 amide bonds. The van der Waals surface area contributed by atoms with Crippen LogP contribution >= 0.6 is 0 Å². The standard InChI is InChI=1S/C12H19NO6.C7H6N4O.CH5N/c1-12(15-3)18-9-7-4-6(5-16-11(14)13-2)8(17-7)10(9)19-12;12-7(10-3-1-8-5-10)11-4-2-9-6-11;1-2/h6-10H,4-5H2,1-3H3,(H,13,14);1-6H;2H2,1H3/t6?,7?,8-,9?,10+,12?;;/m0../s1. The van der Waals surface area contributed by atoms with Crippen molar-refractivity contribution in [2.75, 3.05) is 27.8 Å². The lowest BCUT2D eigenvalue weighted by Gasteiger charge is -2.25. The number of nitrogens with two attached hydrogens (primary N) is 1. The Morgan fingerprint density at radius 3 is 2.24 bits per heavy atom. The molecule has 0 spiro atoms. The molecule has 3 fully saturated rings. The molecule has 2 bridgehead atoms. The van der Waals surface area contributed by atoms with Gasteiger partial charge in [0.2, 0.25) is 0 Å². The first-order valence-electron chi connectivity index (χ1n) is 10.4. The molecule has 0 aliphatic carbocycles. The summed E-state index contributed by atoms with van der Waals surface area (Å²) in [5.74, 6) is -0.849. The van der Waals surface area contributed by atoms with E-state index in [1.807, 2.05) is 0 Å². The quantitative estimate of drug-likeness (QED) is 0.650. The zero-order chi connectivity index (χ0) is 24.0. The number of nitrogens with one attached hydrogen (secondary N) is 1. The van der Waals surface area contributed by atoms with Gasteiger partial charge in [-0.25, -0.2) is 19.6 Å². The number of hydrogen-bond acceptors (Lipinski definition) is 10. The SMILES string of the molecule is CN.CNC(=O)OCC1CC2O[C@@H]1[C@H]1OC(C)(OC)OC21.O=C(n1ccnc1)n1ccnc1. The second kappa shape index (κ2) is 10.9. The Balaban J connectivity index is 0.000000188. The van der Waals surface area contributed by atoms with Gasteiger partial charge in [-0.05, 0) is 13.5 Å². The van der Waals surface area contributed by atoms with Crippen LogP contribution in [-0.4, -0.2) is 89.4 Å². The summed E-state index contributed by atoms with van der Waals surface area (Å²) in [4.78, 5) is 30.0. The molecule has 4 unspecified atom stereocenters. The highest BCUT2D eigenvalue weighted by Gasteiger charge is 2.63. The van der Waals surface area contributed by atoms with Crippen molar-refractivity contribution < 1.29 is 33.3 Å². The third-order valence-corrected chi connectivity index (χ3v) is 5.50. The Kier molecular flexibility index (Phi) is 8.15. The maximum atomic E-state index is 11.4. The second-order valence-electron chi connectivity index (χ2n) is 7.44. The van der Waals surface area contributed by atoms with E-state index in [2.05, 4.69) is 21.0 Å². The van der Waals surface area contributed by atoms with Crippen molar-refractivity contribution in [1.82, 2.24) is 24.4 Å². The van der Waals surface area contributed by atoms with E-state index in [1.54, 1.807) is 38.8 Å². The van der Waals surface area contributed by atoms with Crippen molar-refractivity contribution in [3.8, 4) is 0 Å². The van der Waals surface area contributed by atoms with Gasteiger partial charge in [0.15, 0.2) is 0 Å². The van der Waals surface area contributed by atoms with Gasteiger partial charge in [-0.15, -0.1) is 0 Å². The minimum absolute atomic E-state index is 0.00902. The van der Waals surface area contributed by atoms with Crippen molar-refractivity contribution in [1.29, 1.82) is 0 Å². The monoisotopic (exact) mass is 466 g/mol. The third-order valence-electron chi connectivity index (χ3n) is 5.50. The summed E-state index contributed by atoms with van der Waals surface area (Å²) in [6, 6.07) is -0.190. The van der Waals surface area contributed by atoms with E-state index in [1.165, 1.54) is 35.9 Å². The summed E-state index contributed by atoms with van der Waals surface area (Å²) in [5, 5.41) is 2.42. The molecule has 0 saturated carbocycles. The van der Waals surface area contributed by atoms with Crippen molar-refractivity contribution in [2.24, 2.45) is 11.7 Å². The predicted octanol–water partition coefficient (Wildman–Crippen LogP) is 0.405. The first-order chi connectivity index (χ1) is 15.9. The van der Waals surface area contributed by atoms with Gasteiger partial charge < -0.3 is 34.7 Å². The minimum atomic E-state index is -0.994. The van der Waals surface area contributed by atoms with Crippen LogP contribution in [0.4, 0.5) is 9.59 Å². The summed E-state index contributed by atoms with van der Waals surface area (Å²) < 4.78 is 30.5. The number of fused-ring (bicyclic) bond motifs is 5. The Hall–Kier alpha value is -2.84. The van der Waals surface area contributed by atoms with Crippen molar-refractivity contribution in [3.63, 3.8) is 0 Å². The summed E-state index contributed by atoms with van der Waals surface area (Å²) in [7, 11) is 4.59. The number of rotatable bonds is 3. The van der Waals surface area contributed by atoms with Crippen LogP contribution < -0.4 is 11.1 Å². The number of aromatic nitrogens is 4. The van der Waals surface area contributed by atoms with Crippen LogP contribution in [0.3, 0.4) is 0 Å². The number of ether oxygens (including phenoxy) is 5. The second-order valence-corrected chi connectivity index (χ2v) is 7.44. The first-order valence-corrected chi connectivity index (χ1v) is 10.4. The molecule has 182 valence electrons. The maximum Gasteiger partial charge on any atom is 0.406 e. The molecule has 3 aliphatic rings. The van der Waals surface area contributed by atoms with Crippen LogP contribution in [0.1, 0.15) is 13.3 Å². The van der Waals surface area contributed by atoms with Gasteiger partial charge in [-0.3, -0.25) is 9.13 Å².